The second-order valence-electron chi connectivity index (χ2n) is 13.6. The van der Waals surface area contributed by atoms with E-state index >= 15 is 0 Å². The zero-order valence-electron chi connectivity index (χ0n) is 31.3. The Morgan fingerprint density at radius 1 is 0.625 bits per heavy atom. The highest BCUT2D eigenvalue weighted by atomic mass is 32.1. The van der Waals surface area contributed by atoms with Gasteiger partial charge in [0.1, 0.15) is 0 Å². The predicted molar refractivity (Wildman–Crippen MR) is 240 cm³/mol. The molecule has 0 spiro atoms. The molecule has 0 atom stereocenters. The molecule has 6 aromatic carbocycles. The molecule has 0 fully saturated rings. The first kappa shape index (κ1) is 34.8. The molecule has 0 unspecified atom stereocenters. The van der Waals surface area contributed by atoms with Crippen molar-refractivity contribution in [2.45, 2.75) is 13.8 Å². The summed E-state index contributed by atoms with van der Waals surface area (Å²) in [6.45, 7) is 12.2. The Balaban J connectivity index is 1.42. The zero-order chi connectivity index (χ0) is 38.2. The van der Waals surface area contributed by atoms with Crippen molar-refractivity contribution in [3.8, 4) is 39.6 Å². The molecule has 0 radical (unpaired) electrons. The van der Waals surface area contributed by atoms with Crippen LogP contribution in [0.1, 0.15) is 25.2 Å². The molecule has 4 nitrogen and oxygen atoms in total. The number of aromatic nitrogens is 4. The first-order valence-electron chi connectivity index (χ1n) is 18.8. The minimum Gasteiger partial charge on any atom is -0.308 e. The van der Waals surface area contributed by atoms with E-state index in [9.17, 15) is 0 Å². The third-order valence-corrected chi connectivity index (χ3v) is 11.5. The monoisotopic (exact) mass is 738 g/mol. The van der Waals surface area contributed by atoms with Crippen LogP contribution in [0.5, 0.6) is 0 Å². The number of rotatable bonds is 9. The summed E-state index contributed by atoms with van der Waals surface area (Å²) in [4.78, 5) is 15.2. The lowest BCUT2D eigenvalue weighted by molar-refractivity contribution is 1.04. The van der Waals surface area contributed by atoms with Crippen LogP contribution in [-0.2, 0) is 0 Å². The molecule has 3 aromatic heterocycles. The Morgan fingerprint density at radius 3 is 2.02 bits per heavy atom. The summed E-state index contributed by atoms with van der Waals surface area (Å²) in [6, 6.07) is 47.3. The fraction of sp³-hybridized carbons (Fsp3) is 0.0392. The summed E-state index contributed by atoms with van der Waals surface area (Å²) in [6.07, 6.45) is 11.9. The minimum atomic E-state index is 0.533. The highest BCUT2D eigenvalue weighted by molar-refractivity contribution is 7.26. The number of fused-ring (bicyclic) bond motifs is 7. The molecule has 0 bridgehead atoms. The van der Waals surface area contributed by atoms with E-state index in [1.807, 2.05) is 47.7 Å². The van der Waals surface area contributed by atoms with E-state index in [2.05, 4.69) is 153 Å². The number of thiophene rings is 1. The van der Waals surface area contributed by atoms with Gasteiger partial charge < -0.3 is 4.57 Å². The largest absolute Gasteiger partial charge is 0.308 e. The Hall–Kier alpha value is -6.95. The van der Waals surface area contributed by atoms with Gasteiger partial charge in [-0.1, -0.05) is 153 Å². The van der Waals surface area contributed by atoms with Crippen molar-refractivity contribution in [2.24, 2.45) is 0 Å². The molecule has 0 amide bonds. The summed E-state index contributed by atoms with van der Waals surface area (Å²) >= 11 is 1.87. The fourth-order valence-electron chi connectivity index (χ4n) is 7.77. The number of benzene rings is 6. The van der Waals surface area contributed by atoms with Gasteiger partial charge in [0.25, 0.3) is 0 Å². The standard InChI is InChI=1S/C51H38N4S/c1-5-19-33(7-3)41-31-37(51-53-49(34(8-4)20-6-2)52-50(54-51)36-23-13-10-14-24-36)32-42(35-21-11-9-12-22-35)47(41)55-43-27-17-15-26-40(43)46-44(55)30-29-39-38-25-16-18-28-45(38)56-48(39)46/h5-32H,2,4H2,1,3H3/b19-5-,33-7+,34-20+. The summed E-state index contributed by atoms with van der Waals surface area (Å²) in [5.41, 5.74) is 10.3. The second kappa shape index (κ2) is 14.7. The van der Waals surface area contributed by atoms with Gasteiger partial charge in [0.15, 0.2) is 17.5 Å². The first-order valence-corrected chi connectivity index (χ1v) is 19.6. The average molecular weight is 739 g/mol. The molecule has 5 heteroatoms. The topological polar surface area (TPSA) is 43.6 Å². The number of nitrogens with zero attached hydrogens (tertiary/aromatic N) is 4. The van der Waals surface area contributed by atoms with Crippen LogP contribution in [0.3, 0.4) is 0 Å². The maximum absolute atomic E-state index is 5.15. The van der Waals surface area contributed by atoms with E-state index in [0.717, 1.165) is 55.7 Å². The number of hydrogen-bond donors (Lipinski definition) is 0. The fourth-order valence-corrected chi connectivity index (χ4v) is 9.03. The van der Waals surface area contributed by atoms with Crippen molar-refractivity contribution in [3.05, 3.63) is 194 Å². The van der Waals surface area contributed by atoms with E-state index < -0.39 is 0 Å². The van der Waals surface area contributed by atoms with Crippen LogP contribution in [0.4, 0.5) is 0 Å². The van der Waals surface area contributed by atoms with E-state index in [1.54, 1.807) is 12.2 Å². The Kier molecular flexibility index (Phi) is 9.14. The maximum atomic E-state index is 5.15. The predicted octanol–water partition coefficient (Wildman–Crippen LogP) is 14.1. The Morgan fingerprint density at radius 2 is 1.30 bits per heavy atom. The van der Waals surface area contributed by atoms with E-state index in [1.165, 1.54) is 30.9 Å². The number of hydrogen-bond acceptors (Lipinski definition) is 4. The van der Waals surface area contributed by atoms with Crippen molar-refractivity contribution in [1.29, 1.82) is 0 Å². The molecule has 3 heterocycles. The molecule has 0 aliphatic carbocycles. The van der Waals surface area contributed by atoms with Crippen molar-refractivity contribution >= 4 is 64.5 Å². The highest BCUT2D eigenvalue weighted by Crippen LogP contribution is 2.46. The molecule has 0 aliphatic heterocycles. The molecule has 9 rings (SSSR count). The van der Waals surface area contributed by atoms with Gasteiger partial charge in [-0.25, -0.2) is 15.0 Å². The summed E-state index contributed by atoms with van der Waals surface area (Å²) in [7, 11) is 0. The molecule has 0 N–H and O–H groups in total. The summed E-state index contributed by atoms with van der Waals surface area (Å²) in [5.74, 6) is 1.69. The Bertz CT molecular complexity index is 3070. The third-order valence-electron chi connectivity index (χ3n) is 10.3. The van der Waals surface area contributed by atoms with Crippen molar-refractivity contribution in [1.82, 2.24) is 19.5 Å². The molecule has 9 aromatic rings. The zero-order valence-corrected chi connectivity index (χ0v) is 32.1. The maximum Gasteiger partial charge on any atom is 0.164 e. The molecular formula is C51H38N4S. The van der Waals surface area contributed by atoms with Crippen LogP contribution in [-0.4, -0.2) is 19.5 Å². The van der Waals surface area contributed by atoms with Crippen LogP contribution in [0.2, 0.25) is 0 Å². The molecule has 268 valence electrons. The number of para-hydroxylation sites is 1. The van der Waals surface area contributed by atoms with Crippen molar-refractivity contribution in [3.63, 3.8) is 0 Å². The van der Waals surface area contributed by atoms with Gasteiger partial charge in [-0.15, -0.1) is 11.3 Å². The second-order valence-corrected chi connectivity index (χ2v) is 14.6. The SMILES string of the molecule is C=C/C=C(\C=C)c1nc(-c2ccccc2)nc(-c2cc(C(/C=C\C)=C/C)c(-n3c4ccccc4c4c5sc6ccccc6c5ccc43)c(-c3ccccc3)c2)n1. The first-order chi connectivity index (χ1) is 27.6. The quantitative estimate of drug-likeness (QED) is 0.139. The molecule has 0 aliphatic rings. The van der Waals surface area contributed by atoms with Crippen molar-refractivity contribution < 1.29 is 0 Å². The number of allylic oxidation sites excluding steroid dienone is 8. The average Bonchev–Trinajstić information content (AvgIpc) is 3.80. The van der Waals surface area contributed by atoms with Crippen LogP contribution in [0.25, 0.3) is 92.7 Å². The summed E-state index contributed by atoms with van der Waals surface area (Å²) < 4.78 is 5.06. The normalized spacial score (nSPS) is 12.4. The van der Waals surface area contributed by atoms with E-state index in [4.69, 9.17) is 15.0 Å². The molecule has 0 saturated carbocycles. The van der Waals surface area contributed by atoms with Gasteiger partial charge in [0.05, 0.1) is 16.7 Å². The van der Waals surface area contributed by atoms with Crippen molar-refractivity contribution in [2.75, 3.05) is 0 Å². The lowest BCUT2D eigenvalue weighted by atomic mass is 9.92. The molecular weight excluding hydrogens is 701 g/mol. The smallest absolute Gasteiger partial charge is 0.164 e. The third kappa shape index (κ3) is 5.90. The highest BCUT2D eigenvalue weighted by Gasteiger charge is 2.24. The molecule has 0 saturated heterocycles. The van der Waals surface area contributed by atoms with Gasteiger partial charge in [-0.2, -0.15) is 0 Å². The minimum absolute atomic E-state index is 0.533. The van der Waals surface area contributed by atoms with Gasteiger partial charge >= 0.3 is 0 Å². The van der Waals surface area contributed by atoms with Crippen LogP contribution in [0.15, 0.2) is 183 Å². The lowest BCUT2D eigenvalue weighted by Gasteiger charge is -2.21. The lowest BCUT2D eigenvalue weighted by Crippen LogP contribution is -2.06. The van der Waals surface area contributed by atoms with Gasteiger partial charge in [-0.3, -0.25) is 0 Å². The van der Waals surface area contributed by atoms with Crippen LogP contribution in [0, 0.1) is 0 Å². The Labute approximate surface area is 330 Å². The van der Waals surface area contributed by atoms with Crippen LogP contribution >= 0.6 is 11.3 Å². The summed E-state index contributed by atoms with van der Waals surface area (Å²) in [5, 5.41) is 5.07. The van der Waals surface area contributed by atoms with Gasteiger partial charge in [0.2, 0.25) is 0 Å². The van der Waals surface area contributed by atoms with Gasteiger partial charge in [0, 0.05) is 58.8 Å². The van der Waals surface area contributed by atoms with E-state index in [-0.39, 0.29) is 0 Å². The van der Waals surface area contributed by atoms with E-state index in [0.29, 0.717) is 17.5 Å². The van der Waals surface area contributed by atoms with Crippen LogP contribution < -0.4 is 0 Å². The van der Waals surface area contributed by atoms with Gasteiger partial charge in [-0.05, 0) is 55.3 Å². The molecule has 56 heavy (non-hydrogen) atoms.